The van der Waals surface area contributed by atoms with Crippen molar-refractivity contribution in [2.24, 2.45) is 0 Å². The zero-order valence-corrected chi connectivity index (χ0v) is 7.75. The first-order valence-corrected chi connectivity index (χ1v) is 4.92. The van der Waals surface area contributed by atoms with Gasteiger partial charge >= 0.3 is 0 Å². The molecule has 0 aromatic carbocycles. The minimum absolute atomic E-state index is 0.686. The normalized spacial score (nSPS) is 38.8. The average molecular weight is 170 g/mol. The third-order valence-electron chi connectivity index (χ3n) is 2.93. The Hall–Kier alpha value is -0.120. The SMILES string of the molecule is C[C@H]1CNCCN1C1CCOC1. The first-order valence-electron chi connectivity index (χ1n) is 4.92. The largest absolute Gasteiger partial charge is 0.380 e. The first kappa shape index (κ1) is 8.48. The lowest BCUT2D eigenvalue weighted by Gasteiger charge is -2.37. The van der Waals surface area contributed by atoms with Crippen molar-refractivity contribution in [2.75, 3.05) is 32.8 Å². The third-order valence-corrected chi connectivity index (χ3v) is 2.93. The number of ether oxygens (including phenoxy) is 1. The number of hydrogen-bond acceptors (Lipinski definition) is 3. The molecule has 2 aliphatic heterocycles. The van der Waals surface area contributed by atoms with Gasteiger partial charge in [0.25, 0.3) is 0 Å². The van der Waals surface area contributed by atoms with Crippen LogP contribution in [-0.4, -0.2) is 49.8 Å². The average Bonchev–Trinajstić information content (AvgIpc) is 2.57. The van der Waals surface area contributed by atoms with Crippen LogP contribution in [0.2, 0.25) is 0 Å². The van der Waals surface area contributed by atoms with E-state index in [-0.39, 0.29) is 0 Å². The third kappa shape index (κ3) is 1.63. The topological polar surface area (TPSA) is 24.5 Å². The second-order valence-electron chi connectivity index (χ2n) is 3.81. The maximum atomic E-state index is 5.40. The molecule has 0 aromatic rings. The molecule has 0 bridgehead atoms. The van der Waals surface area contributed by atoms with E-state index in [4.69, 9.17) is 4.74 Å². The van der Waals surface area contributed by atoms with Gasteiger partial charge in [0.05, 0.1) is 6.61 Å². The highest BCUT2D eigenvalue weighted by Gasteiger charge is 2.28. The summed E-state index contributed by atoms with van der Waals surface area (Å²) in [7, 11) is 0. The van der Waals surface area contributed by atoms with Gasteiger partial charge in [0, 0.05) is 38.3 Å². The Balaban J connectivity index is 1.91. The summed E-state index contributed by atoms with van der Waals surface area (Å²) in [6, 6.07) is 1.38. The molecule has 2 saturated heterocycles. The van der Waals surface area contributed by atoms with Crippen molar-refractivity contribution in [3.63, 3.8) is 0 Å². The standard InChI is InChI=1S/C9H18N2O/c1-8-6-10-3-4-11(8)9-2-5-12-7-9/h8-10H,2-7H2,1H3/t8-,9?/m0/s1. The van der Waals surface area contributed by atoms with E-state index >= 15 is 0 Å². The Morgan fingerprint density at radius 3 is 3.08 bits per heavy atom. The molecule has 3 heteroatoms. The van der Waals surface area contributed by atoms with Gasteiger partial charge in [0.15, 0.2) is 0 Å². The minimum atomic E-state index is 0.686. The molecular formula is C9H18N2O. The highest BCUT2D eigenvalue weighted by molar-refractivity contribution is 4.84. The number of nitrogens with zero attached hydrogens (tertiary/aromatic N) is 1. The summed E-state index contributed by atoms with van der Waals surface area (Å²) in [5.41, 5.74) is 0. The van der Waals surface area contributed by atoms with Gasteiger partial charge in [-0.1, -0.05) is 0 Å². The molecule has 2 heterocycles. The van der Waals surface area contributed by atoms with Crippen LogP contribution in [0.5, 0.6) is 0 Å². The van der Waals surface area contributed by atoms with Crippen molar-refractivity contribution >= 4 is 0 Å². The molecule has 0 saturated carbocycles. The van der Waals surface area contributed by atoms with E-state index in [9.17, 15) is 0 Å². The molecule has 0 spiro atoms. The van der Waals surface area contributed by atoms with E-state index in [1.54, 1.807) is 0 Å². The van der Waals surface area contributed by atoms with Crippen molar-refractivity contribution in [3.05, 3.63) is 0 Å². The Labute approximate surface area is 74.1 Å². The molecular weight excluding hydrogens is 152 g/mol. The second-order valence-corrected chi connectivity index (χ2v) is 3.81. The second kappa shape index (κ2) is 3.73. The van der Waals surface area contributed by atoms with Crippen LogP contribution in [0.15, 0.2) is 0 Å². The van der Waals surface area contributed by atoms with Crippen molar-refractivity contribution in [1.29, 1.82) is 0 Å². The molecule has 3 nitrogen and oxygen atoms in total. The number of nitrogens with one attached hydrogen (secondary N) is 1. The predicted octanol–water partition coefficient (Wildman–Crippen LogP) is 0.0690. The lowest BCUT2D eigenvalue weighted by molar-refractivity contribution is 0.0972. The van der Waals surface area contributed by atoms with Crippen LogP contribution in [-0.2, 0) is 4.74 Å². The zero-order valence-electron chi connectivity index (χ0n) is 7.75. The summed E-state index contributed by atoms with van der Waals surface area (Å²) < 4.78 is 5.40. The monoisotopic (exact) mass is 170 g/mol. The number of piperazine rings is 1. The molecule has 70 valence electrons. The van der Waals surface area contributed by atoms with Gasteiger partial charge in [-0.3, -0.25) is 4.90 Å². The van der Waals surface area contributed by atoms with Crippen LogP contribution in [0.4, 0.5) is 0 Å². The fraction of sp³-hybridized carbons (Fsp3) is 1.00. The Kier molecular flexibility index (Phi) is 2.63. The molecule has 12 heavy (non-hydrogen) atoms. The quantitative estimate of drug-likeness (QED) is 0.602. The van der Waals surface area contributed by atoms with Gasteiger partial charge in [0.1, 0.15) is 0 Å². The summed E-state index contributed by atoms with van der Waals surface area (Å²) in [5, 5.41) is 3.41. The van der Waals surface area contributed by atoms with Crippen LogP contribution in [0.1, 0.15) is 13.3 Å². The van der Waals surface area contributed by atoms with Gasteiger partial charge in [-0.05, 0) is 13.3 Å². The van der Waals surface area contributed by atoms with Crippen LogP contribution in [0.3, 0.4) is 0 Å². The highest BCUT2D eigenvalue weighted by Crippen LogP contribution is 2.16. The minimum Gasteiger partial charge on any atom is -0.380 e. The fourth-order valence-corrected chi connectivity index (χ4v) is 2.18. The van der Waals surface area contributed by atoms with Crippen molar-refractivity contribution < 1.29 is 4.74 Å². The van der Waals surface area contributed by atoms with E-state index in [1.807, 2.05) is 0 Å². The summed E-state index contributed by atoms with van der Waals surface area (Å²) in [5.74, 6) is 0. The van der Waals surface area contributed by atoms with Gasteiger partial charge in [-0.25, -0.2) is 0 Å². The van der Waals surface area contributed by atoms with Crippen molar-refractivity contribution in [1.82, 2.24) is 10.2 Å². The fourth-order valence-electron chi connectivity index (χ4n) is 2.18. The first-order chi connectivity index (χ1) is 5.88. The van der Waals surface area contributed by atoms with Gasteiger partial charge in [0.2, 0.25) is 0 Å². The molecule has 2 atom stereocenters. The Morgan fingerprint density at radius 1 is 1.50 bits per heavy atom. The lowest BCUT2D eigenvalue weighted by atomic mass is 10.1. The number of hydrogen-bond donors (Lipinski definition) is 1. The van der Waals surface area contributed by atoms with E-state index in [1.165, 1.54) is 13.0 Å². The van der Waals surface area contributed by atoms with E-state index in [0.29, 0.717) is 12.1 Å². The smallest absolute Gasteiger partial charge is 0.0622 e. The Morgan fingerprint density at radius 2 is 2.42 bits per heavy atom. The maximum Gasteiger partial charge on any atom is 0.0622 e. The number of rotatable bonds is 1. The van der Waals surface area contributed by atoms with Gasteiger partial charge in [-0.2, -0.15) is 0 Å². The van der Waals surface area contributed by atoms with Crippen molar-refractivity contribution in [2.45, 2.75) is 25.4 Å². The van der Waals surface area contributed by atoms with Gasteiger partial charge in [-0.15, -0.1) is 0 Å². The molecule has 0 aromatic heterocycles. The van der Waals surface area contributed by atoms with Crippen LogP contribution in [0, 0.1) is 0 Å². The molecule has 1 unspecified atom stereocenters. The highest BCUT2D eigenvalue weighted by atomic mass is 16.5. The molecule has 0 aliphatic carbocycles. The van der Waals surface area contributed by atoms with Crippen LogP contribution >= 0.6 is 0 Å². The van der Waals surface area contributed by atoms with Crippen LogP contribution < -0.4 is 5.32 Å². The Bertz CT molecular complexity index is 145. The lowest BCUT2D eigenvalue weighted by Crippen LogP contribution is -2.54. The molecule has 1 N–H and O–H groups in total. The summed E-state index contributed by atoms with van der Waals surface area (Å²) in [6.45, 7) is 7.67. The van der Waals surface area contributed by atoms with E-state index in [2.05, 4.69) is 17.1 Å². The van der Waals surface area contributed by atoms with E-state index < -0.39 is 0 Å². The molecule has 2 aliphatic rings. The van der Waals surface area contributed by atoms with Gasteiger partial charge < -0.3 is 10.1 Å². The molecule has 0 amide bonds. The molecule has 2 fully saturated rings. The maximum absolute atomic E-state index is 5.40. The molecule has 2 rings (SSSR count). The van der Waals surface area contributed by atoms with Crippen LogP contribution in [0.25, 0.3) is 0 Å². The van der Waals surface area contributed by atoms with E-state index in [0.717, 1.165) is 26.3 Å². The summed E-state index contributed by atoms with van der Waals surface area (Å²) >= 11 is 0. The summed E-state index contributed by atoms with van der Waals surface area (Å²) in [4.78, 5) is 2.59. The summed E-state index contributed by atoms with van der Waals surface area (Å²) in [6.07, 6.45) is 1.23. The van der Waals surface area contributed by atoms with Crippen molar-refractivity contribution in [3.8, 4) is 0 Å². The zero-order chi connectivity index (χ0) is 8.39. The predicted molar refractivity (Wildman–Crippen MR) is 48.3 cm³/mol. The molecule has 0 radical (unpaired) electrons.